The van der Waals surface area contributed by atoms with Crippen LogP contribution in [0.25, 0.3) is 0 Å². The van der Waals surface area contributed by atoms with Crippen molar-refractivity contribution in [3.8, 4) is 0 Å². The van der Waals surface area contributed by atoms with Crippen molar-refractivity contribution in [3.63, 3.8) is 0 Å². The minimum Gasteiger partial charge on any atom is -0.479 e. The van der Waals surface area contributed by atoms with Crippen LogP contribution in [0.2, 0.25) is 0 Å². The third-order valence-electron chi connectivity index (χ3n) is 2.19. The molecule has 5 nitrogen and oxygen atoms in total. The summed E-state index contributed by atoms with van der Waals surface area (Å²) < 4.78 is 4.89. The predicted molar refractivity (Wildman–Crippen MR) is 69.9 cm³/mol. The molecule has 0 aliphatic carbocycles. The Bertz CT molecular complexity index is 436. The summed E-state index contributed by atoms with van der Waals surface area (Å²) in [6.45, 7) is 1.10. The van der Waals surface area contributed by atoms with E-state index in [1.54, 1.807) is 6.07 Å². The summed E-state index contributed by atoms with van der Waals surface area (Å²) in [5.74, 6) is -1.46. The maximum Gasteiger partial charge on any atom is 0.332 e. The van der Waals surface area contributed by atoms with Crippen molar-refractivity contribution in [3.05, 3.63) is 24.3 Å². The van der Waals surface area contributed by atoms with Gasteiger partial charge in [-0.3, -0.25) is 4.79 Å². The fraction of sp³-hybridized carbons (Fsp3) is 0.333. The zero-order valence-corrected chi connectivity index (χ0v) is 11.0. The number of carboxylic acid groups (broad SMARTS) is 1. The average molecular weight is 269 g/mol. The number of carboxylic acids is 1. The van der Waals surface area contributed by atoms with Crippen molar-refractivity contribution in [1.82, 2.24) is 0 Å². The van der Waals surface area contributed by atoms with Crippen LogP contribution in [0.5, 0.6) is 0 Å². The molecule has 0 aliphatic rings. The summed E-state index contributed by atoms with van der Waals surface area (Å²) in [6, 6.07) is 7.37. The van der Waals surface area contributed by atoms with Crippen LogP contribution in [0, 0.1) is 0 Å². The van der Waals surface area contributed by atoms with Gasteiger partial charge in [-0.15, -0.1) is 11.8 Å². The average Bonchev–Trinajstić information content (AvgIpc) is 2.36. The summed E-state index contributed by atoms with van der Waals surface area (Å²) in [6.07, 6.45) is 0.917. The van der Waals surface area contributed by atoms with Crippen molar-refractivity contribution in [1.29, 1.82) is 0 Å². The number of aliphatic carboxylic acids is 1. The highest BCUT2D eigenvalue weighted by atomic mass is 32.2. The van der Waals surface area contributed by atoms with Crippen molar-refractivity contribution in [2.24, 2.45) is 0 Å². The Kier molecular flexibility index (Phi) is 5.67. The second-order valence-electron chi connectivity index (χ2n) is 3.54. The van der Waals surface area contributed by atoms with Gasteiger partial charge in [0.2, 0.25) is 5.91 Å². The van der Waals surface area contributed by atoms with Gasteiger partial charge in [0, 0.05) is 4.90 Å². The molecule has 0 aromatic heterocycles. The van der Waals surface area contributed by atoms with Crippen LogP contribution in [0.4, 0.5) is 5.69 Å². The lowest BCUT2D eigenvalue weighted by atomic mass is 10.3. The lowest BCUT2D eigenvalue weighted by molar-refractivity contribution is -0.150. The molecule has 1 rings (SSSR count). The molecule has 0 radical (unpaired) electrons. The predicted octanol–water partition coefficient (Wildman–Crippen LogP) is 1.84. The number of para-hydroxylation sites is 1. The van der Waals surface area contributed by atoms with Crippen LogP contribution < -0.4 is 5.32 Å². The van der Waals surface area contributed by atoms with E-state index in [1.807, 2.05) is 24.5 Å². The van der Waals surface area contributed by atoms with Crippen molar-refractivity contribution < 1.29 is 19.4 Å². The topological polar surface area (TPSA) is 75.6 Å². The molecule has 0 bridgehead atoms. The van der Waals surface area contributed by atoms with E-state index in [0.29, 0.717) is 5.69 Å². The molecule has 98 valence electrons. The van der Waals surface area contributed by atoms with Crippen LogP contribution in [0.3, 0.4) is 0 Å². The van der Waals surface area contributed by atoms with Gasteiger partial charge in [-0.05, 0) is 25.3 Å². The molecular formula is C12H15NO4S. The molecule has 0 unspecified atom stereocenters. The first-order chi connectivity index (χ1) is 8.54. The maximum absolute atomic E-state index is 11.6. The highest BCUT2D eigenvalue weighted by molar-refractivity contribution is 7.98. The Labute approximate surface area is 110 Å². The second-order valence-corrected chi connectivity index (χ2v) is 4.39. The summed E-state index contributed by atoms with van der Waals surface area (Å²) in [5, 5.41) is 11.3. The van der Waals surface area contributed by atoms with E-state index in [4.69, 9.17) is 9.84 Å². The molecule has 0 heterocycles. The minimum absolute atomic E-state index is 0.282. The molecule has 18 heavy (non-hydrogen) atoms. The zero-order chi connectivity index (χ0) is 13.5. The highest BCUT2D eigenvalue weighted by Crippen LogP contribution is 2.24. The van der Waals surface area contributed by atoms with Crippen molar-refractivity contribution in [2.75, 3.05) is 18.2 Å². The number of hydrogen-bond donors (Lipinski definition) is 2. The van der Waals surface area contributed by atoms with Gasteiger partial charge in [-0.2, -0.15) is 0 Å². The number of thioether (sulfide) groups is 1. The zero-order valence-electron chi connectivity index (χ0n) is 10.2. The van der Waals surface area contributed by atoms with Gasteiger partial charge in [0.05, 0.1) is 5.69 Å². The van der Waals surface area contributed by atoms with Gasteiger partial charge in [0.25, 0.3) is 0 Å². The van der Waals surface area contributed by atoms with E-state index in [2.05, 4.69) is 5.32 Å². The fourth-order valence-corrected chi connectivity index (χ4v) is 1.76. The van der Waals surface area contributed by atoms with E-state index in [1.165, 1.54) is 18.7 Å². The Balaban J connectivity index is 2.52. The number of benzene rings is 1. The molecule has 0 fully saturated rings. The maximum atomic E-state index is 11.6. The van der Waals surface area contributed by atoms with Gasteiger partial charge >= 0.3 is 5.97 Å². The monoisotopic (exact) mass is 269 g/mol. The standard InChI is InChI=1S/C12H15NO4S/c1-8(12(15)16)17-7-11(14)13-9-5-3-4-6-10(9)18-2/h3-6,8H,7H2,1-2H3,(H,13,14)(H,15,16)/t8-/m1/s1. The van der Waals surface area contributed by atoms with Crippen LogP contribution in [-0.2, 0) is 14.3 Å². The highest BCUT2D eigenvalue weighted by Gasteiger charge is 2.13. The number of nitrogens with one attached hydrogen (secondary N) is 1. The van der Waals surface area contributed by atoms with Crippen LogP contribution in [0.1, 0.15) is 6.92 Å². The van der Waals surface area contributed by atoms with Gasteiger partial charge in [0.15, 0.2) is 6.10 Å². The van der Waals surface area contributed by atoms with Gasteiger partial charge in [-0.1, -0.05) is 12.1 Å². The third kappa shape index (κ3) is 4.38. The number of anilines is 1. The smallest absolute Gasteiger partial charge is 0.332 e. The molecule has 0 saturated heterocycles. The SMILES string of the molecule is CSc1ccccc1NC(=O)CO[C@H](C)C(=O)O. The number of hydrogen-bond acceptors (Lipinski definition) is 4. The summed E-state index contributed by atoms with van der Waals surface area (Å²) >= 11 is 1.52. The van der Waals surface area contributed by atoms with Gasteiger partial charge < -0.3 is 15.2 Å². The Morgan fingerprint density at radius 1 is 1.44 bits per heavy atom. The molecule has 0 saturated carbocycles. The van der Waals surface area contributed by atoms with E-state index in [-0.39, 0.29) is 12.5 Å². The van der Waals surface area contributed by atoms with E-state index < -0.39 is 12.1 Å². The Morgan fingerprint density at radius 3 is 2.72 bits per heavy atom. The molecule has 0 spiro atoms. The lowest BCUT2D eigenvalue weighted by Gasteiger charge is -2.11. The molecule has 1 aromatic carbocycles. The van der Waals surface area contributed by atoms with E-state index in [9.17, 15) is 9.59 Å². The normalized spacial score (nSPS) is 11.9. The first-order valence-electron chi connectivity index (χ1n) is 5.32. The number of ether oxygens (including phenoxy) is 1. The molecule has 1 amide bonds. The summed E-state index contributed by atoms with van der Waals surface area (Å²) in [7, 11) is 0. The molecule has 6 heteroatoms. The van der Waals surface area contributed by atoms with Crippen molar-refractivity contribution in [2.45, 2.75) is 17.9 Å². The Hall–Kier alpha value is -1.53. The first kappa shape index (κ1) is 14.5. The van der Waals surface area contributed by atoms with E-state index >= 15 is 0 Å². The minimum atomic E-state index is -1.09. The summed E-state index contributed by atoms with van der Waals surface area (Å²) in [5.41, 5.74) is 0.696. The number of amides is 1. The molecular weight excluding hydrogens is 254 g/mol. The van der Waals surface area contributed by atoms with Gasteiger partial charge in [-0.25, -0.2) is 4.79 Å². The number of carbonyl (C=O) groups excluding carboxylic acids is 1. The van der Waals surface area contributed by atoms with Crippen LogP contribution >= 0.6 is 11.8 Å². The van der Waals surface area contributed by atoms with Gasteiger partial charge in [0.1, 0.15) is 6.61 Å². The molecule has 0 aliphatic heterocycles. The molecule has 1 atom stereocenters. The van der Waals surface area contributed by atoms with Crippen LogP contribution in [0.15, 0.2) is 29.2 Å². The number of carbonyl (C=O) groups is 2. The number of rotatable bonds is 6. The second kappa shape index (κ2) is 7.03. The third-order valence-corrected chi connectivity index (χ3v) is 2.99. The fourth-order valence-electron chi connectivity index (χ4n) is 1.21. The molecule has 1 aromatic rings. The summed E-state index contributed by atoms with van der Waals surface area (Å²) in [4.78, 5) is 23.0. The Morgan fingerprint density at radius 2 is 2.11 bits per heavy atom. The molecule has 2 N–H and O–H groups in total. The van der Waals surface area contributed by atoms with Crippen LogP contribution in [-0.4, -0.2) is 35.9 Å². The van der Waals surface area contributed by atoms with Crippen molar-refractivity contribution >= 4 is 29.3 Å². The first-order valence-corrected chi connectivity index (χ1v) is 6.54. The van der Waals surface area contributed by atoms with E-state index in [0.717, 1.165) is 4.90 Å². The largest absolute Gasteiger partial charge is 0.479 e. The quantitative estimate of drug-likeness (QED) is 0.771. The lowest BCUT2D eigenvalue weighted by Crippen LogP contribution is -2.26.